The van der Waals surface area contributed by atoms with Crippen LogP contribution in [0.15, 0.2) is 46.9 Å². The quantitative estimate of drug-likeness (QED) is 0.448. The lowest BCUT2D eigenvalue weighted by Crippen LogP contribution is -2.52. The van der Waals surface area contributed by atoms with Crippen LogP contribution in [0.5, 0.6) is 5.75 Å². The summed E-state index contributed by atoms with van der Waals surface area (Å²) in [5.41, 5.74) is 2.77. The van der Waals surface area contributed by atoms with Crippen LogP contribution in [-0.4, -0.2) is 118 Å². The van der Waals surface area contributed by atoms with Crippen molar-refractivity contribution in [1.82, 2.24) is 19.6 Å². The molecule has 0 aromatic heterocycles. The van der Waals surface area contributed by atoms with Crippen molar-refractivity contribution in [3.05, 3.63) is 58.1 Å². The summed E-state index contributed by atoms with van der Waals surface area (Å²) in [6.07, 6.45) is 2.91. The van der Waals surface area contributed by atoms with E-state index < -0.39 is 12.2 Å². The van der Waals surface area contributed by atoms with Crippen LogP contribution in [0.25, 0.3) is 0 Å². The Bertz CT molecular complexity index is 1390. The number of aliphatic hydroxyl groups excluding tert-OH is 1. The molecule has 2 aromatic carbocycles. The van der Waals surface area contributed by atoms with Gasteiger partial charge in [-0.2, -0.15) is 0 Å². The molecule has 4 amide bonds. The number of benzene rings is 2. The van der Waals surface area contributed by atoms with E-state index in [1.165, 1.54) is 0 Å². The average Bonchev–Trinajstić information content (AvgIpc) is 3.41. The van der Waals surface area contributed by atoms with Crippen LogP contribution in [0.3, 0.4) is 0 Å². The molecule has 0 radical (unpaired) electrons. The molecule has 3 saturated heterocycles. The molecule has 0 saturated carbocycles. The number of fused-ring (bicyclic) bond motifs is 1. The molecule has 11 nitrogen and oxygen atoms in total. The molecule has 6 rings (SSSR count). The number of urea groups is 1. The Kier molecular flexibility index (Phi) is 9.81. The SMILES string of the molecule is O=C(O[C@H](Cc1ccc([OH2+])c(Br)c1)C(=O)N1CCC(N2CC[C@@H](O)C2)CC1)N1CCC(N2CCc3ccccc3NC2=O)CC1. The summed E-state index contributed by atoms with van der Waals surface area (Å²) in [5, 5.41) is 21.0. The molecular weight excluding hydrogens is 642 g/mol. The Hall–Kier alpha value is -3.35. The summed E-state index contributed by atoms with van der Waals surface area (Å²) in [6, 6.07) is 13.4. The fourth-order valence-electron chi connectivity index (χ4n) is 7.13. The minimum Gasteiger partial charge on any atom is -0.593 e. The molecule has 3 fully saturated rings. The number of piperidine rings is 2. The van der Waals surface area contributed by atoms with Gasteiger partial charge in [0.05, 0.1) is 6.10 Å². The number of nitrogens with zero attached hydrogens (tertiary/aromatic N) is 4. The van der Waals surface area contributed by atoms with Crippen molar-refractivity contribution in [2.45, 2.75) is 69.2 Å². The molecule has 2 atom stereocenters. The van der Waals surface area contributed by atoms with Crippen LogP contribution in [-0.2, 0) is 22.4 Å². The first kappa shape index (κ1) is 31.6. The first-order valence-electron chi connectivity index (χ1n) is 16.1. The summed E-state index contributed by atoms with van der Waals surface area (Å²) in [5.74, 6) is 0.141. The zero-order valence-corrected chi connectivity index (χ0v) is 27.1. The summed E-state index contributed by atoms with van der Waals surface area (Å²) in [7, 11) is 0. The second-order valence-electron chi connectivity index (χ2n) is 12.6. The lowest BCUT2D eigenvalue weighted by Gasteiger charge is -2.39. The molecule has 0 aliphatic carbocycles. The third-order valence-corrected chi connectivity index (χ3v) is 10.4. The second kappa shape index (κ2) is 14.0. The number of para-hydroxylation sites is 1. The fraction of sp³-hybridized carbons (Fsp3) is 0.545. The van der Waals surface area contributed by atoms with E-state index in [1.807, 2.05) is 29.2 Å². The van der Waals surface area contributed by atoms with Gasteiger partial charge in [0, 0.05) is 76.1 Å². The van der Waals surface area contributed by atoms with Crippen LogP contribution < -0.4 is 5.32 Å². The number of carbonyl (C=O) groups excluding carboxylic acids is 3. The van der Waals surface area contributed by atoms with E-state index in [9.17, 15) is 19.5 Å². The van der Waals surface area contributed by atoms with Gasteiger partial charge in [-0.25, -0.2) is 9.59 Å². The smallest absolute Gasteiger partial charge is 0.410 e. The molecule has 0 spiro atoms. The van der Waals surface area contributed by atoms with Gasteiger partial charge >= 0.3 is 12.1 Å². The van der Waals surface area contributed by atoms with Gasteiger partial charge in [-0.15, -0.1) is 0 Å². The molecule has 4 heterocycles. The zero-order valence-electron chi connectivity index (χ0n) is 25.5. The van der Waals surface area contributed by atoms with E-state index in [4.69, 9.17) is 9.84 Å². The average molecular weight is 686 g/mol. The fourth-order valence-corrected chi connectivity index (χ4v) is 7.55. The maximum Gasteiger partial charge on any atom is 0.410 e. The number of anilines is 1. The topological polar surface area (TPSA) is 129 Å². The number of amides is 4. The highest BCUT2D eigenvalue weighted by atomic mass is 79.9. The van der Waals surface area contributed by atoms with Gasteiger partial charge in [0.1, 0.15) is 4.47 Å². The number of hydrogen-bond acceptors (Lipinski definition) is 6. The van der Waals surface area contributed by atoms with E-state index in [2.05, 4.69) is 26.1 Å². The highest BCUT2D eigenvalue weighted by Gasteiger charge is 2.37. The van der Waals surface area contributed by atoms with Gasteiger partial charge in [-0.3, -0.25) is 9.69 Å². The number of rotatable bonds is 6. The van der Waals surface area contributed by atoms with Crippen molar-refractivity contribution in [3.63, 3.8) is 0 Å². The first-order chi connectivity index (χ1) is 21.7. The Morgan fingerprint density at radius 2 is 1.67 bits per heavy atom. The minimum absolute atomic E-state index is 0.0135. The van der Waals surface area contributed by atoms with Crippen LogP contribution in [0.1, 0.15) is 43.2 Å². The lowest BCUT2D eigenvalue weighted by atomic mass is 10.0. The zero-order chi connectivity index (χ0) is 31.5. The third kappa shape index (κ3) is 7.39. The Balaban J connectivity index is 1.07. The van der Waals surface area contributed by atoms with Crippen LogP contribution in [0.2, 0.25) is 0 Å². The highest BCUT2D eigenvalue weighted by Crippen LogP contribution is 2.28. The van der Waals surface area contributed by atoms with Gasteiger partial charge in [-0.1, -0.05) is 18.2 Å². The Morgan fingerprint density at radius 1 is 0.956 bits per heavy atom. The predicted octanol–water partition coefficient (Wildman–Crippen LogP) is 3.55. The molecule has 4 aliphatic heterocycles. The monoisotopic (exact) mass is 684 g/mol. The Morgan fingerprint density at radius 3 is 2.38 bits per heavy atom. The lowest BCUT2D eigenvalue weighted by molar-refractivity contribution is -0.142. The van der Waals surface area contributed by atoms with Crippen molar-refractivity contribution in [3.8, 4) is 5.75 Å². The van der Waals surface area contributed by atoms with Crippen molar-refractivity contribution in [2.75, 3.05) is 51.1 Å². The van der Waals surface area contributed by atoms with Gasteiger partial charge < -0.3 is 35.0 Å². The van der Waals surface area contributed by atoms with E-state index in [-0.39, 0.29) is 30.5 Å². The number of aliphatic hydroxyl groups is 1. The maximum atomic E-state index is 13.9. The highest BCUT2D eigenvalue weighted by molar-refractivity contribution is 9.10. The van der Waals surface area contributed by atoms with Crippen molar-refractivity contribution >= 4 is 39.6 Å². The summed E-state index contributed by atoms with van der Waals surface area (Å²) >= 11 is 3.41. The van der Waals surface area contributed by atoms with Crippen molar-refractivity contribution in [1.29, 1.82) is 0 Å². The maximum absolute atomic E-state index is 13.9. The van der Waals surface area contributed by atoms with Crippen LogP contribution >= 0.6 is 15.9 Å². The molecule has 45 heavy (non-hydrogen) atoms. The summed E-state index contributed by atoms with van der Waals surface area (Å²) in [4.78, 5) is 48.0. The second-order valence-corrected chi connectivity index (χ2v) is 13.5. The molecule has 0 bridgehead atoms. The van der Waals surface area contributed by atoms with Gasteiger partial charge in [0.25, 0.3) is 11.7 Å². The standard InChI is InChI=1S/C33H42BrN5O6/c34-27-19-22(5-6-29(27)41)20-30(31(42)36-13-8-24(9-14-36)38-17-12-26(40)21-38)45-33(44)37-15-10-25(11-16-37)39-18-7-23-3-1-2-4-28(23)35-32(39)43/h1-6,19,24-26,30,40-41H,7-18,20-21H2,(H,35,43)/p+1/t26-,30-/m1/s1. The van der Waals surface area contributed by atoms with Crippen molar-refractivity contribution < 1.29 is 29.3 Å². The first-order valence-corrected chi connectivity index (χ1v) is 16.9. The molecule has 12 heteroatoms. The van der Waals surface area contributed by atoms with Crippen LogP contribution in [0.4, 0.5) is 15.3 Å². The summed E-state index contributed by atoms with van der Waals surface area (Å²) < 4.78 is 6.60. The Labute approximate surface area is 272 Å². The molecule has 4 N–H and O–H groups in total. The van der Waals surface area contributed by atoms with E-state index in [0.29, 0.717) is 68.4 Å². The summed E-state index contributed by atoms with van der Waals surface area (Å²) in [6.45, 7) is 4.22. The van der Waals surface area contributed by atoms with E-state index >= 15 is 0 Å². The van der Waals surface area contributed by atoms with Gasteiger partial charge in [0.15, 0.2) is 6.10 Å². The minimum atomic E-state index is -0.987. The number of likely N-dealkylation sites (tertiary alicyclic amines) is 3. The third-order valence-electron chi connectivity index (χ3n) is 9.77. The number of ether oxygens (including phenoxy) is 1. The number of carbonyl (C=O) groups is 3. The molecule has 0 unspecified atom stereocenters. The van der Waals surface area contributed by atoms with Gasteiger partial charge in [0.2, 0.25) is 0 Å². The van der Waals surface area contributed by atoms with Crippen molar-refractivity contribution in [2.24, 2.45) is 0 Å². The van der Waals surface area contributed by atoms with Gasteiger partial charge in [-0.05, 0) is 83.8 Å². The molecular formula is C33H43BrN5O6+. The number of β-amino-alcohol motifs (C(OH)–C–C–N with tert-alkyl or cyclic N) is 1. The largest absolute Gasteiger partial charge is 0.593 e. The van der Waals surface area contributed by atoms with E-state index in [1.54, 1.807) is 28.0 Å². The molecule has 4 aliphatic rings. The number of halogens is 1. The molecule has 2 aromatic rings. The molecule has 242 valence electrons. The van der Waals surface area contributed by atoms with E-state index in [0.717, 1.165) is 49.0 Å². The number of hydrogen-bond donors (Lipinski definition) is 2. The predicted molar refractivity (Wildman–Crippen MR) is 173 cm³/mol. The number of nitrogens with one attached hydrogen (secondary N) is 1. The normalized spacial score (nSPS) is 22.5. The van der Waals surface area contributed by atoms with Crippen LogP contribution in [0, 0.1) is 0 Å².